The van der Waals surface area contributed by atoms with Crippen molar-refractivity contribution < 1.29 is 9.59 Å². The Morgan fingerprint density at radius 3 is 2.62 bits per heavy atom. The Labute approximate surface area is 96.1 Å². The molecule has 1 aliphatic heterocycles. The van der Waals surface area contributed by atoms with Crippen molar-refractivity contribution in [1.29, 1.82) is 0 Å². The second-order valence-electron chi connectivity index (χ2n) is 5.02. The fourth-order valence-corrected chi connectivity index (χ4v) is 1.98. The zero-order valence-corrected chi connectivity index (χ0v) is 10.0. The predicted octanol–water partition coefficient (Wildman–Crippen LogP) is -0.101. The second-order valence-corrected chi connectivity index (χ2v) is 5.02. The lowest BCUT2D eigenvalue weighted by atomic mass is 9.98. The fourth-order valence-electron chi connectivity index (χ4n) is 1.98. The van der Waals surface area contributed by atoms with Crippen LogP contribution < -0.4 is 16.4 Å². The zero-order chi connectivity index (χ0) is 12.2. The topological polar surface area (TPSA) is 84.2 Å². The minimum atomic E-state index is -0.567. The molecule has 5 heteroatoms. The predicted molar refractivity (Wildman–Crippen MR) is 61.7 cm³/mol. The Balaban J connectivity index is 2.45. The van der Waals surface area contributed by atoms with E-state index in [0.717, 1.165) is 25.8 Å². The van der Waals surface area contributed by atoms with Gasteiger partial charge in [-0.05, 0) is 33.2 Å². The molecule has 0 unspecified atom stereocenters. The van der Waals surface area contributed by atoms with Crippen LogP contribution in [-0.2, 0) is 9.59 Å². The molecule has 0 bridgehead atoms. The van der Waals surface area contributed by atoms with Crippen LogP contribution in [0.1, 0.15) is 39.5 Å². The minimum absolute atomic E-state index is 0.0362. The van der Waals surface area contributed by atoms with Gasteiger partial charge in [0.2, 0.25) is 11.8 Å². The van der Waals surface area contributed by atoms with E-state index in [0.29, 0.717) is 0 Å². The summed E-state index contributed by atoms with van der Waals surface area (Å²) in [6.07, 6.45) is 3.21. The summed E-state index contributed by atoms with van der Waals surface area (Å²) in [6, 6.07) is -0.124. The van der Waals surface area contributed by atoms with Gasteiger partial charge in [-0.1, -0.05) is 6.42 Å². The van der Waals surface area contributed by atoms with Gasteiger partial charge in [0.15, 0.2) is 0 Å². The molecule has 5 nitrogen and oxygen atoms in total. The van der Waals surface area contributed by atoms with Crippen LogP contribution in [0.3, 0.4) is 0 Å². The van der Waals surface area contributed by atoms with Crippen molar-refractivity contribution in [1.82, 2.24) is 10.6 Å². The van der Waals surface area contributed by atoms with Crippen molar-refractivity contribution in [3.63, 3.8) is 0 Å². The van der Waals surface area contributed by atoms with Crippen LogP contribution in [-0.4, -0.2) is 29.9 Å². The van der Waals surface area contributed by atoms with Gasteiger partial charge in [-0.2, -0.15) is 0 Å². The molecule has 1 heterocycles. The number of primary amides is 1. The third-order valence-corrected chi connectivity index (χ3v) is 2.70. The normalized spacial score (nSPS) is 21.5. The van der Waals surface area contributed by atoms with Crippen LogP contribution in [0.15, 0.2) is 0 Å². The Bertz CT molecular complexity index is 270. The molecule has 1 fully saturated rings. The maximum absolute atomic E-state index is 11.9. The molecule has 4 N–H and O–H groups in total. The third kappa shape index (κ3) is 4.18. The summed E-state index contributed by atoms with van der Waals surface area (Å²) in [5.74, 6) is -0.437. The van der Waals surface area contributed by atoms with Crippen molar-refractivity contribution in [2.24, 2.45) is 5.73 Å². The summed E-state index contributed by atoms with van der Waals surface area (Å²) < 4.78 is 0. The van der Waals surface area contributed by atoms with Crippen molar-refractivity contribution >= 4 is 11.8 Å². The van der Waals surface area contributed by atoms with E-state index in [1.54, 1.807) is 13.8 Å². The molecule has 0 spiro atoms. The molecule has 0 radical (unpaired) electrons. The highest BCUT2D eigenvalue weighted by molar-refractivity contribution is 5.83. The number of hydrogen-bond acceptors (Lipinski definition) is 3. The molecule has 16 heavy (non-hydrogen) atoms. The van der Waals surface area contributed by atoms with Gasteiger partial charge in [-0.25, -0.2) is 0 Å². The number of carbonyl (C=O) groups excluding carboxylic acids is 2. The van der Waals surface area contributed by atoms with Gasteiger partial charge < -0.3 is 16.4 Å². The summed E-state index contributed by atoms with van der Waals surface area (Å²) in [7, 11) is 0. The molecule has 1 saturated heterocycles. The number of carbonyl (C=O) groups is 2. The number of piperidine rings is 1. The highest BCUT2D eigenvalue weighted by Gasteiger charge is 2.27. The molecular formula is C11H21N3O2. The van der Waals surface area contributed by atoms with Crippen LogP contribution in [0.4, 0.5) is 0 Å². The van der Waals surface area contributed by atoms with Crippen LogP contribution in [0, 0.1) is 0 Å². The van der Waals surface area contributed by atoms with Crippen molar-refractivity contribution in [3.05, 3.63) is 0 Å². The lowest BCUT2D eigenvalue weighted by Gasteiger charge is -2.29. The van der Waals surface area contributed by atoms with E-state index in [2.05, 4.69) is 10.6 Å². The summed E-state index contributed by atoms with van der Waals surface area (Å²) in [5, 5.41) is 6.02. The van der Waals surface area contributed by atoms with E-state index < -0.39 is 11.4 Å². The van der Waals surface area contributed by atoms with E-state index in [-0.39, 0.29) is 18.4 Å². The first-order chi connectivity index (χ1) is 7.41. The monoisotopic (exact) mass is 227 g/mol. The first-order valence-corrected chi connectivity index (χ1v) is 5.74. The van der Waals surface area contributed by atoms with Gasteiger partial charge in [0, 0.05) is 12.0 Å². The standard InChI is InChI=1S/C11H21N3O2/c1-11(2,7-9(12)15)14-10(16)8-5-3-4-6-13-8/h8,13H,3-7H2,1-2H3,(H2,12,15)(H,14,16)/t8-/m1/s1. The zero-order valence-electron chi connectivity index (χ0n) is 10.0. The summed E-state index contributed by atoms with van der Waals surface area (Å²) in [4.78, 5) is 22.7. The molecule has 92 valence electrons. The summed E-state index contributed by atoms with van der Waals surface area (Å²) >= 11 is 0. The van der Waals surface area contributed by atoms with E-state index in [1.807, 2.05) is 0 Å². The number of hydrogen-bond donors (Lipinski definition) is 3. The van der Waals surface area contributed by atoms with Gasteiger partial charge in [-0.3, -0.25) is 9.59 Å². The maximum atomic E-state index is 11.9. The van der Waals surface area contributed by atoms with E-state index in [1.165, 1.54) is 0 Å². The molecule has 1 aliphatic rings. The largest absolute Gasteiger partial charge is 0.370 e. The Hall–Kier alpha value is -1.10. The molecule has 2 amide bonds. The molecule has 1 atom stereocenters. The smallest absolute Gasteiger partial charge is 0.237 e. The molecular weight excluding hydrogens is 206 g/mol. The highest BCUT2D eigenvalue weighted by atomic mass is 16.2. The number of nitrogens with two attached hydrogens (primary N) is 1. The first-order valence-electron chi connectivity index (χ1n) is 5.74. The number of nitrogens with one attached hydrogen (secondary N) is 2. The maximum Gasteiger partial charge on any atom is 0.237 e. The van der Waals surface area contributed by atoms with E-state index in [9.17, 15) is 9.59 Å². The molecule has 0 aliphatic carbocycles. The minimum Gasteiger partial charge on any atom is -0.370 e. The Morgan fingerprint density at radius 2 is 2.12 bits per heavy atom. The van der Waals surface area contributed by atoms with Gasteiger partial charge in [-0.15, -0.1) is 0 Å². The quantitative estimate of drug-likeness (QED) is 0.627. The second kappa shape index (κ2) is 5.30. The molecule has 1 rings (SSSR count). The molecule has 0 aromatic rings. The van der Waals surface area contributed by atoms with Gasteiger partial charge in [0.25, 0.3) is 0 Å². The SMILES string of the molecule is CC(C)(CC(N)=O)NC(=O)[C@H]1CCCCN1. The number of amides is 2. The van der Waals surface area contributed by atoms with E-state index >= 15 is 0 Å². The third-order valence-electron chi connectivity index (χ3n) is 2.70. The van der Waals surface area contributed by atoms with Crippen molar-refractivity contribution in [3.8, 4) is 0 Å². The van der Waals surface area contributed by atoms with Gasteiger partial charge in [0.1, 0.15) is 0 Å². The van der Waals surface area contributed by atoms with E-state index in [4.69, 9.17) is 5.73 Å². The summed E-state index contributed by atoms with van der Waals surface area (Å²) in [6.45, 7) is 4.49. The lowest BCUT2D eigenvalue weighted by molar-refractivity contribution is -0.126. The van der Waals surface area contributed by atoms with Gasteiger partial charge in [0.05, 0.1) is 6.04 Å². The van der Waals surface area contributed by atoms with Crippen LogP contribution in [0.2, 0.25) is 0 Å². The van der Waals surface area contributed by atoms with Crippen molar-refractivity contribution in [2.75, 3.05) is 6.54 Å². The average molecular weight is 227 g/mol. The summed E-state index contributed by atoms with van der Waals surface area (Å²) in [5.41, 5.74) is 4.56. The lowest BCUT2D eigenvalue weighted by Crippen LogP contribution is -2.54. The first kappa shape index (κ1) is 13.0. The highest BCUT2D eigenvalue weighted by Crippen LogP contribution is 2.11. The van der Waals surface area contributed by atoms with Gasteiger partial charge >= 0.3 is 0 Å². The Kier molecular flexibility index (Phi) is 4.29. The average Bonchev–Trinajstić information content (AvgIpc) is 2.16. The molecule has 0 aromatic heterocycles. The van der Waals surface area contributed by atoms with Crippen LogP contribution in [0.5, 0.6) is 0 Å². The van der Waals surface area contributed by atoms with Crippen LogP contribution in [0.25, 0.3) is 0 Å². The molecule has 0 saturated carbocycles. The number of rotatable bonds is 4. The molecule has 0 aromatic carbocycles. The van der Waals surface area contributed by atoms with Crippen LogP contribution >= 0.6 is 0 Å². The van der Waals surface area contributed by atoms with Crippen molar-refractivity contribution in [2.45, 2.75) is 51.1 Å². The fraction of sp³-hybridized carbons (Fsp3) is 0.818. The Morgan fingerprint density at radius 1 is 1.44 bits per heavy atom.